The third kappa shape index (κ3) is 4.50. The molecule has 0 aliphatic heterocycles. The number of benzene rings is 1. The van der Waals surface area contributed by atoms with Gasteiger partial charge in [0.05, 0.1) is 11.4 Å². The van der Waals surface area contributed by atoms with E-state index in [2.05, 4.69) is 15.0 Å². The van der Waals surface area contributed by atoms with Crippen LogP contribution in [0.5, 0.6) is 0 Å². The van der Waals surface area contributed by atoms with Crippen molar-refractivity contribution in [2.24, 2.45) is 0 Å². The van der Waals surface area contributed by atoms with Gasteiger partial charge in [-0.15, -0.1) is 11.3 Å². The lowest BCUT2D eigenvalue weighted by Gasteiger charge is -2.17. The van der Waals surface area contributed by atoms with Crippen LogP contribution in [-0.2, 0) is 16.1 Å². The predicted octanol–water partition coefficient (Wildman–Crippen LogP) is 1.97. The van der Waals surface area contributed by atoms with E-state index >= 15 is 0 Å². The fourth-order valence-electron chi connectivity index (χ4n) is 2.39. The van der Waals surface area contributed by atoms with Crippen molar-refractivity contribution in [1.82, 2.24) is 14.6 Å². The van der Waals surface area contributed by atoms with Crippen molar-refractivity contribution in [3.05, 3.63) is 57.9 Å². The molecule has 3 aromatic rings. The molecule has 0 saturated carbocycles. The van der Waals surface area contributed by atoms with Crippen LogP contribution in [0.4, 0.5) is 5.69 Å². The second-order valence-electron chi connectivity index (χ2n) is 6.00. The largest absolute Gasteiger partial charge is 0.442 e. The topological polar surface area (TPSA) is 97.4 Å². The highest BCUT2D eigenvalue weighted by Gasteiger charge is 2.20. The van der Waals surface area contributed by atoms with Gasteiger partial charge in [-0.2, -0.15) is 0 Å². The lowest BCUT2D eigenvalue weighted by molar-refractivity contribution is -0.133. The van der Waals surface area contributed by atoms with E-state index in [-0.39, 0.29) is 19.0 Å². The molecular weight excluding hydrogens is 368 g/mol. The first kappa shape index (κ1) is 18.6. The Balaban J connectivity index is 1.63. The molecule has 8 nitrogen and oxygen atoms in total. The Kier molecular flexibility index (Phi) is 5.51. The number of anilines is 1. The Morgan fingerprint density at radius 3 is 2.67 bits per heavy atom. The summed E-state index contributed by atoms with van der Waals surface area (Å²) < 4.78 is 5.84. The number of likely N-dealkylation sites (N-methyl/N-ethyl adjacent to an activating group) is 1. The van der Waals surface area contributed by atoms with E-state index in [0.717, 1.165) is 10.1 Å². The monoisotopic (exact) mass is 386 g/mol. The van der Waals surface area contributed by atoms with Crippen LogP contribution in [0.2, 0.25) is 0 Å². The molecule has 140 valence electrons. The molecule has 27 heavy (non-hydrogen) atoms. The van der Waals surface area contributed by atoms with Gasteiger partial charge in [0.15, 0.2) is 5.82 Å². The van der Waals surface area contributed by atoms with Gasteiger partial charge >= 0.3 is 5.76 Å². The van der Waals surface area contributed by atoms with Crippen molar-refractivity contribution in [3.8, 4) is 10.7 Å². The number of aryl methyl sites for hydroxylation is 1. The van der Waals surface area contributed by atoms with Crippen molar-refractivity contribution in [2.75, 3.05) is 18.9 Å². The summed E-state index contributed by atoms with van der Waals surface area (Å²) in [5.74, 6) is -1.16. The third-order valence-electron chi connectivity index (χ3n) is 3.86. The van der Waals surface area contributed by atoms with E-state index < -0.39 is 11.7 Å². The molecule has 0 spiro atoms. The van der Waals surface area contributed by atoms with E-state index in [1.807, 2.05) is 30.5 Å². The fourth-order valence-corrected chi connectivity index (χ4v) is 3.10. The number of aromatic nitrogens is 2. The van der Waals surface area contributed by atoms with Crippen LogP contribution in [0.15, 0.2) is 51.1 Å². The summed E-state index contributed by atoms with van der Waals surface area (Å²) in [7, 11) is 1.50. The third-order valence-corrected chi connectivity index (χ3v) is 4.73. The minimum absolute atomic E-state index is 0.138. The van der Waals surface area contributed by atoms with Gasteiger partial charge in [-0.25, -0.2) is 9.36 Å². The van der Waals surface area contributed by atoms with E-state index in [4.69, 9.17) is 0 Å². The Bertz CT molecular complexity index is 989. The van der Waals surface area contributed by atoms with Gasteiger partial charge in [-0.3, -0.25) is 14.1 Å². The van der Waals surface area contributed by atoms with Crippen molar-refractivity contribution in [1.29, 1.82) is 0 Å². The number of thiophene rings is 1. The Labute approximate surface area is 159 Å². The summed E-state index contributed by atoms with van der Waals surface area (Å²) in [4.78, 5) is 38.4. The first-order chi connectivity index (χ1) is 12.9. The van der Waals surface area contributed by atoms with Crippen molar-refractivity contribution >= 4 is 28.8 Å². The molecule has 0 bridgehead atoms. The first-order valence-electron chi connectivity index (χ1n) is 8.15. The Morgan fingerprint density at radius 2 is 2.00 bits per heavy atom. The zero-order valence-corrected chi connectivity index (χ0v) is 15.7. The van der Waals surface area contributed by atoms with Gasteiger partial charge in [0.2, 0.25) is 11.8 Å². The molecule has 0 radical (unpaired) electrons. The lowest BCUT2D eigenvalue weighted by Crippen LogP contribution is -2.38. The summed E-state index contributed by atoms with van der Waals surface area (Å²) in [5.41, 5.74) is 1.74. The number of carbonyl (C=O) groups excluding carboxylic acids is 2. The summed E-state index contributed by atoms with van der Waals surface area (Å²) >= 11 is 1.38. The molecule has 9 heteroatoms. The van der Waals surface area contributed by atoms with Crippen LogP contribution in [0, 0.1) is 6.92 Å². The fraction of sp³-hybridized carbons (Fsp3) is 0.222. The molecule has 2 heterocycles. The number of hydrogen-bond donors (Lipinski definition) is 1. The average Bonchev–Trinajstić information content (AvgIpc) is 3.27. The number of carbonyl (C=O) groups is 2. The molecule has 0 aliphatic rings. The minimum atomic E-state index is -0.718. The molecule has 2 amide bonds. The van der Waals surface area contributed by atoms with Gasteiger partial charge in [0.1, 0.15) is 6.54 Å². The number of rotatable bonds is 6. The van der Waals surface area contributed by atoms with Crippen LogP contribution >= 0.6 is 11.3 Å². The number of nitrogens with one attached hydrogen (secondary N) is 1. The highest BCUT2D eigenvalue weighted by molar-refractivity contribution is 7.13. The molecule has 0 fully saturated rings. The Morgan fingerprint density at radius 1 is 1.26 bits per heavy atom. The highest BCUT2D eigenvalue weighted by atomic mass is 32.1. The van der Waals surface area contributed by atoms with Gasteiger partial charge in [-0.05, 0) is 30.5 Å². The lowest BCUT2D eigenvalue weighted by atomic mass is 10.2. The molecule has 3 rings (SSSR count). The van der Waals surface area contributed by atoms with Gasteiger partial charge in [0, 0.05) is 12.7 Å². The van der Waals surface area contributed by atoms with Gasteiger partial charge in [0.25, 0.3) is 0 Å². The predicted molar refractivity (Wildman–Crippen MR) is 102 cm³/mol. The van der Waals surface area contributed by atoms with E-state index in [1.54, 1.807) is 18.2 Å². The molecule has 1 aromatic carbocycles. The summed E-state index contributed by atoms with van der Waals surface area (Å²) in [6.45, 7) is 1.56. The standard InChI is InChI=1S/C18H18N4O4S/c1-12-5-7-13(8-6-12)19-15(23)10-21(2)16(24)11-22-17(20-26-18(22)25)14-4-3-9-27-14/h3-9H,10-11H2,1-2H3,(H,19,23). The quantitative estimate of drug-likeness (QED) is 0.699. The van der Waals surface area contributed by atoms with Gasteiger partial charge < -0.3 is 10.2 Å². The maximum Gasteiger partial charge on any atom is 0.442 e. The van der Waals surface area contributed by atoms with Crippen LogP contribution in [-0.4, -0.2) is 40.0 Å². The minimum Gasteiger partial charge on any atom is -0.335 e. The number of hydrogen-bond acceptors (Lipinski definition) is 6. The van der Waals surface area contributed by atoms with Crippen LogP contribution in [0.25, 0.3) is 10.7 Å². The van der Waals surface area contributed by atoms with Crippen LogP contribution in [0.1, 0.15) is 5.56 Å². The second kappa shape index (κ2) is 8.00. The summed E-state index contributed by atoms with van der Waals surface area (Å²) in [6, 6.07) is 10.9. The molecule has 1 N–H and O–H groups in total. The molecule has 2 aromatic heterocycles. The van der Waals surface area contributed by atoms with Crippen molar-refractivity contribution in [3.63, 3.8) is 0 Å². The van der Waals surface area contributed by atoms with E-state index in [9.17, 15) is 14.4 Å². The number of amides is 2. The maximum absolute atomic E-state index is 12.4. The number of nitrogens with zero attached hydrogens (tertiary/aromatic N) is 3. The smallest absolute Gasteiger partial charge is 0.335 e. The molecule has 0 saturated heterocycles. The molecule has 0 aliphatic carbocycles. The normalized spacial score (nSPS) is 10.6. The maximum atomic E-state index is 12.4. The summed E-state index contributed by atoms with van der Waals surface area (Å²) in [6.07, 6.45) is 0. The molecular formula is C18H18N4O4S. The van der Waals surface area contributed by atoms with E-state index in [1.165, 1.54) is 23.3 Å². The van der Waals surface area contributed by atoms with Crippen molar-refractivity contribution < 1.29 is 14.1 Å². The van der Waals surface area contributed by atoms with Crippen LogP contribution in [0.3, 0.4) is 0 Å². The van der Waals surface area contributed by atoms with Gasteiger partial charge in [-0.1, -0.05) is 28.9 Å². The van der Waals surface area contributed by atoms with E-state index in [0.29, 0.717) is 16.4 Å². The second-order valence-corrected chi connectivity index (χ2v) is 6.95. The van der Waals surface area contributed by atoms with Crippen LogP contribution < -0.4 is 11.1 Å². The van der Waals surface area contributed by atoms with Crippen molar-refractivity contribution in [2.45, 2.75) is 13.5 Å². The zero-order chi connectivity index (χ0) is 19.4. The average molecular weight is 386 g/mol. The summed E-state index contributed by atoms with van der Waals surface area (Å²) in [5, 5.41) is 8.29. The molecule has 0 unspecified atom stereocenters. The molecule has 0 atom stereocenters. The highest BCUT2D eigenvalue weighted by Crippen LogP contribution is 2.21. The first-order valence-corrected chi connectivity index (χ1v) is 9.03. The SMILES string of the molecule is Cc1ccc(NC(=O)CN(C)C(=O)Cn2c(-c3cccs3)noc2=O)cc1. The zero-order valence-electron chi connectivity index (χ0n) is 14.8. The Hall–Kier alpha value is -3.20.